The Bertz CT molecular complexity index is 2490. The molecule has 0 bridgehead atoms. The SMILES string of the molecule is CCC(C)[C@@H]1NC(=O)[C@H](C)NC(=O)[C@H](NC(=O)[C@H](CO)NC(=O)[C@@H](NC(=O)[C@H](NC(=O)[C@@H](CCCN=C(N)N)NC(=O)[C@H](CO)NC(=O)[C@@H](NC(=O)[C@@H](Cc2ccccc2)NC)[C@@H](C)CC)[C@H](C)CC)[C@@H](C)CC)[C@H](C)OC(=O)[C@H]([C@@H](C)CC)NC1=O. The molecule has 0 saturated carbocycles. The minimum Gasteiger partial charge on any atom is -0.458 e. The lowest BCUT2D eigenvalue weighted by Gasteiger charge is -2.31. The fraction of sp³-hybridized carbons (Fsp3) is 0.695. The number of rotatable bonds is 33. The molecule has 1 unspecified atom stereocenters. The Morgan fingerprint density at radius 1 is 0.563 bits per heavy atom. The zero-order valence-corrected chi connectivity index (χ0v) is 52.9. The number of aliphatic imine (C=N–C) groups is 1. The van der Waals surface area contributed by atoms with Crippen molar-refractivity contribution < 1.29 is 67.7 Å². The van der Waals surface area contributed by atoms with Gasteiger partial charge in [0, 0.05) is 6.54 Å². The molecule has 490 valence electrons. The predicted octanol–water partition coefficient (Wildman–Crippen LogP) is -2.10. The number of likely N-dealkylation sites (N-methyl/N-ethyl adjacent to an activating group) is 1. The molecule has 28 nitrogen and oxygen atoms in total. The molecule has 10 amide bonds. The third-order valence-corrected chi connectivity index (χ3v) is 16.2. The van der Waals surface area contributed by atoms with Crippen LogP contribution in [0, 0.1) is 29.6 Å². The minimum atomic E-state index is -1.79. The third kappa shape index (κ3) is 23.6. The zero-order valence-electron chi connectivity index (χ0n) is 52.9. The van der Waals surface area contributed by atoms with E-state index in [1.54, 1.807) is 62.4 Å². The lowest BCUT2D eigenvalue weighted by Crippen LogP contribution is -2.63. The van der Waals surface area contributed by atoms with Crippen LogP contribution in [0.1, 0.15) is 134 Å². The first-order chi connectivity index (χ1) is 41.1. The van der Waals surface area contributed by atoms with Gasteiger partial charge in [-0.15, -0.1) is 0 Å². The molecule has 28 heteroatoms. The summed E-state index contributed by atoms with van der Waals surface area (Å²) in [6.07, 6.45) is 0.757. The number of aliphatic hydroxyl groups is 2. The summed E-state index contributed by atoms with van der Waals surface area (Å²) in [5.74, 6) is -12.2. The molecule has 1 aromatic rings. The molecule has 1 fully saturated rings. The molecule has 1 aliphatic rings. The first-order valence-electron chi connectivity index (χ1n) is 30.3. The van der Waals surface area contributed by atoms with Crippen LogP contribution >= 0.6 is 0 Å². The molecule has 17 N–H and O–H groups in total. The van der Waals surface area contributed by atoms with Crippen molar-refractivity contribution in [2.24, 2.45) is 46.0 Å². The second-order valence-corrected chi connectivity index (χ2v) is 22.7. The van der Waals surface area contributed by atoms with Crippen LogP contribution in [-0.4, -0.2) is 181 Å². The van der Waals surface area contributed by atoms with E-state index in [9.17, 15) is 63.0 Å². The third-order valence-electron chi connectivity index (χ3n) is 16.2. The van der Waals surface area contributed by atoms with Gasteiger partial charge in [-0.2, -0.15) is 0 Å². The standard InChI is InChI=1S/C59H100N14O14/c1-14-30(6)42(70-50(78)39(62-13)27-37-23-20-19-21-24-37)53(81)66-40(28-74)51(79)65-38(25-22-26-63-59(60)61)49(77)69-45(33(9)17-4)55(83)71-43(31(7)15-2)54(82)67-41(29-75)52(80)73-47-36(12)87-58(86)46(34(10)18-5)72-56(84)44(32(8)16-3)68-48(76)35(11)64-57(47)85/h19-21,23-24,30-36,38-47,62,74-75H,14-18,22,25-29H2,1-13H3,(H,64,85)(H,65,79)(H,66,81)(H,67,82)(H,68,76)(H,69,77)(H,70,78)(H,71,83)(H,72,84)(H,73,80)(H4,60,61,63)/t30-,31-,32?,33+,34-,35-,36-,38+,39+,40-,41-,42-,43-,44-,45+,46-,47+/m0/s1. The second kappa shape index (κ2) is 38.0. The highest BCUT2D eigenvalue weighted by Gasteiger charge is 2.41. The minimum absolute atomic E-state index is 0.0150. The van der Waals surface area contributed by atoms with Crippen molar-refractivity contribution in [3.8, 4) is 0 Å². The molecule has 17 atom stereocenters. The predicted molar refractivity (Wildman–Crippen MR) is 325 cm³/mol. The lowest BCUT2D eigenvalue weighted by molar-refractivity contribution is -0.157. The van der Waals surface area contributed by atoms with E-state index in [-0.39, 0.29) is 37.7 Å². The average Bonchev–Trinajstić information content (AvgIpc) is 3.05. The number of guanidine groups is 1. The maximum Gasteiger partial charge on any atom is 0.329 e. The average molecular weight is 1230 g/mol. The van der Waals surface area contributed by atoms with Gasteiger partial charge in [-0.3, -0.25) is 52.9 Å². The van der Waals surface area contributed by atoms with Gasteiger partial charge in [-0.25, -0.2) is 4.79 Å². The Balaban J connectivity index is 2.44. The number of carbonyl (C=O) groups excluding carboxylic acids is 11. The highest BCUT2D eigenvalue weighted by molar-refractivity contribution is 5.99. The van der Waals surface area contributed by atoms with Gasteiger partial charge < -0.3 is 84.9 Å². The summed E-state index contributed by atoms with van der Waals surface area (Å²) in [6, 6.07) is -5.60. The first-order valence-corrected chi connectivity index (χ1v) is 30.3. The second-order valence-electron chi connectivity index (χ2n) is 22.7. The van der Waals surface area contributed by atoms with Crippen molar-refractivity contribution in [3.05, 3.63) is 35.9 Å². The van der Waals surface area contributed by atoms with Gasteiger partial charge >= 0.3 is 5.97 Å². The number of benzene rings is 1. The topological polar surface area (TPSA) is 434 Å². The van der Waals surface area contributed by atoms with E-state index in [0.717, 1.165) is 5.56 Å². The number of nitrogens with zero attached hydrogens (tertiary/aromatic N) is 1. The van der Waals surface area contributed by atoms with Crippen LogP contribution < -0.4 is 70.0 Å². The van der Waals surface area contributed by atoms with Crippen LogP contribution in [0.25, 0.3) is 0 Å². The number of esters is 1. The van der Waals surface area contributed by atoms with E-state index in [2.05, 4.69) is 63.5 Å². The number of aliphatic hydroxyl groups excluding tert-OH is 2. The molecule has 2 rings (SSSR count). The van der Waals surface area contributed by atoms with E-state index >= 15 is 0 Å². The molecule has 0 aromatic heterocycles. The van der Waals surface area contributed by atoms with E-state index in [4.69, 9.17) is 16.2 Å². The van der Waals surface area contributed by atoms with Gasteiger partial charge in [0.15, 0.2) is 5.96 Å². The Labute approximate surface area is 511 Å². The maximum atomic E-state index is 14.5. The zero-order chi connectivity index (χ0) is 65.8. The summed E-state index contributed by atoms with van der Waals surface area (Å²) in [5.41, 5.74) is 11.9. The van der Waals surface area contributed by atoms with Crippen LogP contribution in [0.4, 0.5) is 0 Å². The highest BCUT2D eigenvalue weighted by atomic mass is 16.5. The van der Waals surface area contributed by atoms with E-state index < -0.39 is 174 Å². The summed E-state index contributed by atoms with van der Waals surface area (Å²) < 4.78 is 5.73. The van der Waals surface area contributed by atoms with Crippen LogP contribution in [0.2, 0.25) is 0 Å². The molecule has 87 heavy (non-hydrogen) atoms. The summed E-state index contributed by atoms with van der Waals surface area (Å²) >= 11 is 0. The van der Waals surface area contributed by atoms with Gasteiger partial charge in [-0.05, 0) is 75.3 Å². The molecular formula is C59H100N14O14. The van der Waals surface area contributed by atoms with Crippen LogP contribution in [0.15, 0.2) is 35.3 Å². The largest absolute Gasteiger partial charge is 0.458 e. The van der Waals surface area contributed by atoms with Gasteiger partial charge in [-0.1, -0.05) is 132 Å². The first kappa shape index (κ1) is 75.6. The quantitative estimate of drug-likeness (QED) is 0.0155. The molecule has 0 radical (unpaired) electrons. The molecule has 0 aliphatic carbocycles. The van der Waals surface area contributed by atoms with Crippen molar-refractivity contribution in [1.29, 1.82) is 0 Å². The van der Waals surface area contributed by atoms with Crippen molar-refractivity contribution in [3.63, 3.8) is 0 Å². The van der Waals surface area contributed by atoms with Crippen LogP contribution in [0.3, 0.4) is 0 Å². The smallest absolute Gasteiger partial charge is 0.329 e. The van der Waals surface area contributed by atoms with Crippen LogP contribution in [0.5, 0.6) is 0 Å². The van der Waals surface area contributed by atoms with Crippen molar-refractivity contribution in [2.45, 2.75) is 207 Å². The Hall–Kier alpha value is -7.46. The maximum absolute atomic E-state index is 14.5. The number of nitrogens with two attached hydrogens (primary N) is 2. The Kier molecular flexibility index (Phi) is 33.0. The van der Waals surface area contributed by atoms with E-state index in [0.29, 0.717) is 32.1 Å². The monoisotopic (exact) mass is 1230 g/mol. The molecule has 1 aliphatic heterocycles. The van der Waals surface area contributed by atoms with Gasteiger partial charge in [0.25, 0.3) is 0 Å². The molecular weight excluding hydrogens is 1130 g/mol. The molecule has 1 heterocycles. The van der Waals surface area contributed by atoms with Gasteiger partial charge in [0.2, 0.25) is 59.1 Å². The summed E-state index contributed by atoms with van der Waals surface area (Å²) in [4.78, 5) is 158. The van der Waals surface area contributed by atoms with Crippen molar-refractivity contribution >= 4 is 71.0 Å². The number of hydrogen-bond acceptors (Lipinski definition) is 16. The number of amides is 10. The number of ether oxygens (including phenoxy) is 1. The number of nitrogens with one attached hydrogen (secondary N) is 11. The van der Waals surface area contributed by atoms with E-state index in [1.807, 2.05) is 44.2 Å². The van der Waals surface area contributed by atoms with Crippen molar-refractivity contribution in [1.82, 2.24) is 58.5 Å². The molecule has 1 saturated heterocycles. The Morgan fingerprint density at radius 3 is 1.47 bits per heavy atom. The van der Waals surface area contributed by atoms with Crippen molar-refractivity contribution in [2.75, 3.05) is 26.8 Å². The number of cyclic esters (lactones) is 1. The number of carbonyl (C=O) groups is 11. The fourth-order valence-corrected chi connectivity index (χ4v) is 9.22. The Morgan fingerprint density at radius 2 is 1.00 bits per heavy atom. The molecule has 0 spiro atoms. The highest BCUT2D eigenvalue weighted by Crippen LogP contribution is 2.18. The normalized spacial score (nSPS) is 21.6. The van der Waals surface area contributed by atoms with Crippen LogP contribution in [-0.2, 0) is 63.9 Å². The van der Waals surface area contributed by atoms with Gasteiger partial charge in [0.05, 0.1) is 19.3 Å². The summed E-state index contributed by atoms with van der Waals surface area (Å²) in [5, 5.41) is 50.0. The summed E-state index contributed by atoms with van der Waals surface area (Å²) in [7, 11) is 1.61. The summed E-state index contributed by atoms with van der Waals surface area (Å²) in [6.45, 7) is 18.0. The fourth-order valence-electron chi connectivity index (χ4n) is 9.22. The van der Waals surface area contributed by atoms with Gasteiger partial charge in [0.1, 0.15) is 66.5 Å². The van der Waals surface area contributed by atoms with E-state index in [1.165, 1.54) is 13.8 Å². The molecule has 1 aromatic carbocycles. The lowest BCUT2D eigenvalue weighted by atomic mass is 9.94. The number of hydrogen-bond donors (Lipinski definition) is 15.